The Labute approximate surface area is 270 Å². The van der Waals surface area contributed by atoms with E-state index in [1.165, 1.54) is 4.90 Å². The van der Waals surface area contributed by atoms with Crippen LogP contribution in [0.2, 0.25) is 0 Å². The van der Waals surface area contributed by atoms with E-state index in [2.05, 4.69) is 31.6 Å². The molecule has 0 aromatic heterocycles. The first-order valence-electron chi connectivity index (χ1n) is 16.6. The summed E-state index contributed by atoms with van der Waals surface area (Å²) >= 11 is 0. The Bertz CT molecular complexity index is 1040. The summed E-state index contributed by atoms with van der Waals surface area (Å²) in [5.74, 6) is -0.554. The molecule has 2 saturated heterocycles. The minimum absolute atomic E-state index is 0.0241. The van der Waals surface area contributed by atoms with Gasteiger partial charge in [-0.25, -0.2) is 15.1 Å². The largest absolute Gasteiger partial charge is 0.444 e. The van der Waals surface area contributed by atoms with E-state index >= 15 is 0 Å². The van der Waals surface area contributed by atoms with Gasteiger partial charge in [0.25, 0.3) is 5.91 Å². The van der Waals surface area contributed by atoms with E-state index < -0.39 is 51.7 Å². The standard InChI is InChI=1S/C30H57N5O9S/c1-8-12-18-30(17-11-4,19-13-9-2)34(21-14-10-3)43-45(39,40)44-35-24-15-16-25(33(23-24)28(35)38)26(36)32-41-22-20-31-27(37)42-29(5,6)7/h24-25H,8-23H2,1-7H3,(H,31,37)(H,32,36). The Morgan fingerprint density at radius 3 is 2.18 bits per heavy atom. The quantitative estimate of drug-likeness (QED) is 0.127. The third-order valence-corrected chi connectivity index (χ3v) is 8.68. The normalized spacial score (nSPS) is 18.9. The zero-order chi connectivity index (χ0) is 33.7. The first-order chi connectivity index (χ1) is 21.2. The number of piperidine rings is 1. The lowest BCUT2D eigenvalue weighted by atomic mass is 9.82. The van der Waals surface area contributed by atoms with Gasteiger partial charge in [0.2, 0.25) is 0 Å². The highest BCUT2D eigenvalue weighted by Gasteiger charge is 2.50. The monoisotopic (exact) mass is 663 g/mol. The lowest BCUT2D eigenvalue weighted by molar-refractivity contribution is -0.172. The third-order valence-electron chi connectivity index (χ3n) is 7.97. The summed E-state index contributed by atoms with van der Waals surface area (Å²) in [6, 6.07) is -2.15. The highest BCUT2D eigenvalue weighted by atomic mass is 32.3. The predicted molar refractivity (Wildman–Crippen MR) is 168 cm³/mol. The van der Waals surface area contributed by atoms with Crippen molar-refractivity contribution in [2.45, 2.75) is 149 Å². The number of amides is 4. The molecule has 2 heterocycles. The molecule has 2 aliphatic rings. The average Bonchev–Trinajstić information content (AvgIpc) is 3.19. The van der Waals surface area contributed by atoms with Crippen LogP contribution < -0.4 is 10.8 Å². The van der Waals surface area contributed by atoms with Gasteiger partial charge in [-0.05, 0) is 59.3 Å². The molecule has 15 heteroatoms. The Morgan fingerprint density at radius 2 is 1.60 bits per heavy atom. The number of nitrogens with one attached hydrogen (secondary N) is 2. The molecule has 0 spiro atoms. The van der Waals surface area contributed by atoms with E-state index in [4.69, 9.17) is 18.1 Å². The molecule has 4 amide bonds. The molecule has 0 radical (unpaired) electrons. The molecule has 0 aromatic rings. The van der Waals surface area contributed by atoms with Crippen LogP contribution in [0.5, 0.6) is 0 Å². The lowest BCUT2D eigenvalue weighted by Gasteiger charge is -2.43. The van der Waals surface area contributed by atoms with E-state index in [1.54, 1.807) is 25.8 Å². The van der Waals surface area contributed by atoms with Crippen molar-refractivity contribution in [2.75, 3.05) is 26.2 Å². The summed E-state index contributed by atoms with van der Waals surface area (Å²) in [6.07, 6.45) is 8.71. The number of carbonyl (C=O) groups excluding carboxylic acids is 3. The number of nitrogens with zero attached hydrogens (tertiary/aromatic N) is 3. The van der Waals surface area contributed by atoms with Gasteiger partial charge in [0.1, 0.15) is 11.6 Å². The number of hydroxylamine groups is 5. The second-order valence-electron chi connectivity index (χ2n) is 12.9. The Hall–Kier alpha value is -2.20. The van der Waals surface area contributed by atoms with Gasteiger partial charge in [-0.15, -0.1) is 4.28 Å². The summed E-state index contributed by atoms with van der Waals surface area (Å²) < 4.78 is 43.0. The van der Waals surface area contributed by atoms with Gasteiger partial charge in [0, 0.05) is 25.2 Å². The molecule has 2 bridgehead atoms. The minimum Gasteiger partial charge on any atom is -0.444 e. The maximum absolute atomic E-state index is 13.4. The zero-order valence-electron chi connectivity index (χ0n) is 28.4. The number of carbonyl (C=O) groups is 3. The second-order valence-corrected chi connectivity index (χ2v) is 14.1. The van der Waals surface area contributed by atoms with Gasteiger partial charge < -0.3 is 15.0 Å². The van der Waals surface area contributed by atoms with Gasteiger partial charge in [0.05, 0.1) is 12.6 Å². The van der Waals surface area contributed by atoms with Crippen molar-refractivity contribution in [3.05, 3.63) is 0 Å². The molecule has 45 heavy (non-hydrogen) atoms. The van der Waals surface area contributed by atoms with Crippen LogP contribution >= 0.6 is 0 Å². The molecule has 2 unspecified atom stereocenters. The van der Waals surface area contributed by atoms with Crippen LogP contribution in [-0.4, -0.2) is 90.9 Å². The van der Waals surface area contributed by atoms with E-state index in [-0.39, 0.29) is 19.7 Å². The average molecular weight is 664 g/mol. The van der Waals surface area contributed by atoms with Crippen molar-refractivity contribution >= 4 is 28.4 Å². The lowest BCUT2D eigenvalue weighted by Crippen LogP contribution is -2.51. The van der Waals surface area contributed by atoms with Crippen molar-refractivity contribution in [1.29, 1.82) is 0 Å². The maximum Gasteiger partial charge on any atom is 0.437 e. The summed E-state index contributed by atoms with van der Waals surface area (Å²) in [6.45, 7) is 14.2. The van der Waals surface area contributed by atoms with Gasteiger partial charge in [0.15, 0.2) is 0 Å². The smallest absolute Gasteiger partial charge is 0.437 e. The van der Waals surface area contributed by atoms with E-state index in [1.807, 2.05) is 6.92 Å². The molecule has 0 aliphatic carbocycles. The second kappa shape index (κ2) is 18.2. The highest BCUT2D eigenvalue weighted by molar-refractivity contribution is 7.81. The van der Waals surface area contributed by atoms with Crippen LogP contribution in [0.4, 0.5) is 9.59 Å². The molecular weight excluding hydrogens is 606 g/mol. The number of ether oxygens (including phenoxy) is 1. The van der Waals surface area contributed by atoms with Gasteiger partial charge in [-0.1, -0.05) is 66.2 Å². The van der Waals surface area contributed by atoms with Crippen LogP contribution in [-0.2, 0) is 33.3 Å². The van der Waals surface area contributed by atoms with E-state index in [9.17, 15) is 22.8 Å². The topological polar surface area (TPSA) is 156 Å². The summed E-state index contributed by atoms with van der Waals surface area (Å²) in [5, 5.41) is 4.95. The fourth-order valence-electron chi connectivity index (χ4n) is 5.81. The molecule has 2 fully saturated rings. The first-order valence-corrected chi connectivity index (χ1v) is 18.0. The molecule has 0 saturated carbocycles. The van der Waals surface area contributed by atoms with Gasteiger partial charge in [-0.3, -0.25) is 9.63 Å². The predicted octanol–water partition coefficient (Wildman–Crippen LogP) is 4.96. The maximum atomic E-state index is 13.4. The molecular formula is C30H57N5O9S. The number of hydrogen-bond donors (Lipinski definition) is 2. The van der Waals surface area contributed by atoms with Crippen molar-refractivity contribution < 1.29 is 40.9 Å². The molecule has 14 nitrogen and oxygen atoms in total. The first kappa shape index (κ1) is 39.0. The molecule has 2 atom stereocenters. The summed E-state index contributed by atoms with van der Waals surface area (Å²) in [7, 11) is -4.66. The zero-order valence-corrected chi connectivity index (χ0v) is 29.2. The number of urea groups is 1. The summed E-state index contributed by atoms with van der Waals surface area (Å²) in [4.78, 5) is 44.3. The SMILES string of the molecule is CCCCN(OS(=O)(=O)ON1C(=O)N2CC1CCC2C(=O)NOCCNC(=O)OC(C)(C)C)C(CCC)(CCCC)CCCC. The number of alkyl carbamates (subject to hydrolysis) is 1. The Kier molecular flexibility index (Phi) is 15.8. The molecule has 262 valence electrons. The Balaban J connectivity index is 2.04. The van der Waals surface area contributed by atoms with Crippen molar-refractivity contribution in [2.24, 2.45) is 0 Å². The number of hydrogen-bond acceptors (Lipinski definition) is 10. The molecule has 2 N–H and O–H groups in total. The van der Waals surface area contributed by atoms with Crippen LogP contribution in [0.15, 0.2) is 0 Å². The number of rotatable bonds is 21. The highest BCUT2D eigenvalue weighted by Crippen LogP contribution is 2.36. The minimum atomic E-state index is -4.66. The molecule has 0 aromatic carbocycles. The van der Waals surface area contributed by atoms with Crippen molar-refractivity contribution in [1.82, 2.24) is 25.8 Å². The third kappa shape index (κ3) is 12.2. The molecule has 2 aliphatic heterocycles. The number of unbranched alkanes of at least 4 members (excludes halogenated alkanes) is 3. The van der Waals surface area contributed by atoms with E-state index in [0.717, 1.165) is 69.3 Å². The van der Waals surface area contributed by atoms with E-state index in [0.29, 0.717) is 19.4 Å². The fourth-order valence-corrected chi connectivity index (χ4v) is 6.68. The Morgan fingerprint density at radius 1 is 0.956 bits per heavy atom. The van der Waals surface area contributed by atoms with Crippen LogP contribution in [0.3, 0.4) is 0 Å². The van der Waals surface area contributed by atoms with Crippen LogP contribution in [0.1, 0.15) is 126 Å². The number of fused-ring (bicyclic) bond motifs is 2. The molecule has 2 rings (SSSR count). The van der Waals surface area contributed by atoms with Crippen LogP contribution in [0, 0.1) is 0 Å². The van der Waals surface area contributed by atoms with Gasteiger partial charge in [-0.2, -0.15) is 22.8 Å². The van der Waals surface area contributed by atoms with Crippen molar-refractivity contribution in [3.63, 3.8) is 0 Å². The van der Waals surface area contributed by atoms with Crippen molar-refractivity contribution in [3.8, 4) is 0 Å². The fraction of sp³-hybridized carbons (Fsp3) is 0.900. The van der Waals surface area contributed by atoms with Crippen LogP contribution in [0.25, 0.3) is 0 Å². The summed E-state index contributed by atoms with van der Waals surface area (Å²) in [5.41, 5.74) is 1.21. The van der Waals surface area contributed by atoms with Gasteiger partial charge >= 0.3 is 22.5 Å².